The number of rotatable bonds is 9. The molecule has 3 unspecified atom stereocenters. The summed E-state index contributed by atoms with van der Waals surface area (Å²) in [5, 5.41) is 12.3. The zero-order chi connectivity index (χ0) is 17.0. The number of amides is 1. The number of nitrogens with one attached hydrogen (secondary N) is 1. The van der Waals surface area contributed by atoms with Gasteiger partial charge in [0.25, 0.3) is 0 Å². The Morgan fingerprint density at radius 2 is 2.00 bits per heavy atom. The molecule has 0 aliphatic heterocycles. The van der Waals surface area contributed by atoms with Gasteiger partial charge in [0, 0.05) is 25.0 Å². The molecule has 1 aliphatic carbocycles. The lowest BCUT2D eigenvalue weighted by atomic mass is 9.54. The minimum Gasteiger partial charge on any atom is -0.479 e. The monoisotopic (exact) mass is 315 g/mol. The van der Waals surface area contributed by atoms with Gasteiger partial charge in [-0.15, -0.1) is 0 Å². The molecule has 128 valence electrons. The molecule has 1 amide bonds. The lowest BCUT2D eigenvalue weighted by molar-refractivity contribution is -0.196. The van der Waals surface area contributed by atoms with Crippen LogP contribution in [-0.2, 0) is 19.1 Å². The van der Waals surface area contributed by atoms with Gasteiger partial charge in [-0.2, -0.15) is 0 Å². The van der Waals surface area contributed by atoms with E-state index in [1.165, 1.54) is 0 Å². The van der Waals surface area contributed by atoms with Crippen molar-refractivity contribution in [3.8, 4) is 0 Å². The quantitative estimate of drug-likeness (QED) is 0.635. The average Bonchev–Trinajstić information content (AvgIpc) is 2.45. The van der Waals surface area contributed by atoms with Crippen molar-refractivity contribution >= 4 is 11.9 Å². The number of hydrogen-bond acceptors (Lipinski definition) is 4. The first-order valence-corrected chi connectivity index (χ1v) is 8.01. The van der Waals surface area contributed by atoms with Crippen LogP contribution >= 0.6 is 0 Å². The Kier molecular flexibility index (Phi) is 6.38. The molecular weight excluding hydrogens is 286 g/mol. The fourth-order valence-electron chi connectivity index (χ4n) is 2.83. The van der Waals surface area contributed by atoms with E-state index < -0.39 is 23.0 Å². The maximum atomic E-state index is 12.3. The predicted molar refractivity (Wildman–Crippen MR) is 82.6 cm³/mol. The number of unbranched alkanes of at least 4 members (excludes halogenated alkanes) is 1. The van der Waals surface area contributed by atoms with Crippen LogP contribution in [-0.4, -0.2) is 47.9 Å². The number of aliphatic carboxylic acids is 1. The maximum Gasteiger partial charge on any atom is 0.330 e. The van der Waals surface area contributed by atoms with Crippen molar-refractivity contribution in [3.05, 3.63) is 0 Å². The summed E-state index contributed by atoms with van der Waals surface area (Å²) >= 11 is 0. The van der Waals surface area contributed by atoms with E-state index in [0.717, 1.165) is 12.8 Å². The lowest BCUT2D eigenvalue weighted by Gasteiger charge is -2.58. The molecule has 1 rings (SSSR count). The van der Waals surface area contributed by atoms with Crippen molar-refractivity contribution in [3.63, 3.8) is 0 Å². The van der Waals surface area contributed by atoms with E-state index in [-0.39, 0.29) is 18.4 Å². The average molecular weight is 315 g/mol. The number of carboxylic acids is 1. The molecule has 0 bridgehead atoms. The SMILES string of the molecule is CCCCOC(C)C(=O)NC1(C(=O)O)CC(OCC)C1(C)C. The Hall–Kier alpha value is -1.14. The van der Waals surface area contributed by atoms with Crippen LogP contribution in [0.3, 0.4) is 0 Å². The summed E-state index contributed by atoms with van der Waals surface area (Å²) in [5.41, 5.74) is -1.97. The van der Waals surface area contributed by atoms with Crippen molar-refractivity contribution in [1.29, 1.82) is 0 Å². The number of hydrogen-bond donors (Lipinski definition) is 2. The Morgan fingerprint density at radius 3 is 2.45 bits per heavy atom. The molecule has 22 heavy (non-hydrogen) atoms. The normalized spacial score (nSPS) is 27.8. The van der Waals surface area contributed by atoms with Gasteiger partial charge < -0.3 is 19.9 Å². The molecule has 0 radical (unpaired) electrons. The van der Waals surface area contributed by atoms with Gasteiger partial charge in [-0.05, 0) is 20.3 Å². The molecule has 0 saturated heterocycles. The van der Waals surface area contributed by atoms with Gasteiger partial charge in [0.1, 0.15) is 11.6 Å². The molecule has 1 saturated carbocycles. The Balaban J connectivity index is 2.74. The number of carbonyl (C=O) groups is 2. The molecule has 0 aromatic carbocycles. The molecule has 3 atom stereocenters. The van der Waals surface area contributed by atoms with Crippen molar-refractivity contribution in [1.82, 2.24) is 5.32 Å². The molecule has 6 nitrogen and oxygen atoms in total. The third kappa shape index (κ3) is 3.43. The Labute approximate surface area is 132 Å². The molecule has 1 fully saturated rings. The van der Waals surface area contributed by atoms with Crippen LogP contribution in [0.15, 0.2) is 0 Å². The third-order valence-electron chi connectivity index (χ3n) is 4.70. The van der Waals surface area contributed by atoms with Crippen molar-refractivity contribution in [2.75, 3.05) is 13.2 Å². The van der Waals surface area contributed by atoms with E-state index >= 15 is 0 Å². The van der Waals surface area contributed by atoms with Crippen LogP contribution < -0.4 is 5.32 Å². The van der Waals surface area contributed by atoms with E-state index in [1.54, 1.807) is 6.92 Å². The largest absolute Gasteiger partial charge is 0.479 e. The van der Waals surface area contributed by atoms with E-state index in [2.05, 4.69) is 5.32 Å². The molecular formula is C16H29NO5. The fourth-order valence-corrected chi connectivity index (χ4v) is 2.83. The summed E-state index contributed by atoms with van der Waals surface area (Å²) in [6.07, 6.45) is 1.29. The summed E-state index contributed by atoms with van der Waals surface area (Å²) in [6, 6.07) is 0. The standard InChI is InChI=1S/C16H29NO5/c1-6-8-9-22-11(3)13(18)17-16(14(19)20)10-12(21-7-2)15(16,4)5/h11-12H,6-10H2,1-5H3,(H,17,18)(H,19,20). The van der Waals surface area contributed by atoms with Gasteiger partial charge in [0.05, 0.1) is 6.10 Å². The summed E-state index contributed by atoms with van der Waals surface area (Å²) in [5.74, 6) is -1.41. The predicted octanol–water partition coefficient (Wildman–Crippen LogP) is 1.97. The molecule has 0 spiro atoms. The number of ether oxygens (including phenoxy) is 2. The smallest absolute Gasteiger partial charge is 0.330 e. The van der Waals surface area contributed by atoms with Gasteiger partial charge in [0.15, 0.2) is 0 Å². The molecule has 1 aliphatic rings. The lowest BCUT2D eigenvalue weighted by Crippen LogP contribution is -2.76. The molecule has 0 aromatic heterocycles. The Bertz CT molecular complexity index is 409. The topological polar surface area (TPSA) is 84.9 Å². The summed E-state index contributed by atoms with van der Waals surface area (Å²) in [4.78, 5) is 24.0. The van der Waals surface area contributed by atoms with Crippen molar-refractivity contribution < 1.29 is 24.2 Å². The highest BCUT2D eigenvalue weighted by atomic mass is 16.5. The van der Waals surface area contributed by atoms with E-state index in [1.807, 2.05) is 27.7 Å². The summed E-state index contributed by atoms with van der Waals surface area (Å²) in [6.45, 7) is 10.2. The van der Waals surface area contributed by atoms with E-state index in [4.69, 9.17) is 9.47 Å². The second kappa shape index (κ2) is 7.42. The first-order valence-electron chi connectivity index (χ1n) is 8.01. The molecule has 0 heterocycles. The highest BCUT2D eigenvalue weighted by Crippen LogP contribution is 2.51. The molecule has 0 aromatic rings. The second-order valence-corrected chi connectivity index (χ2v) is 6.44. The zero-order valence-corrected chi connectivity index (χ0v) is 14.3. The van der Waals surface area contributed by atoms with Crippen LogP contribution in [0.4, 0.5) is 0 Å². The summed E-state index contributed by atoms with van der Waals surface area (Å²) in [7, 11) is 0. The van der Waals surface area contributed by atoms with Gasteiger partial charge in [-0.1, -0.05) is 27.2 Å². The van der Waals surface area contributed by atoms with Gasteiger partial charge in [-0.25, -0.2) is 4.79 Å². The maximum absolute atomic E-state index is 12.3. The van der Waals surface area contributed by atoms with Gasteiger partial charge in [0.2, 0.25) is 5.91 Å². The number of carboxylic acid groups (broad SMARTS) is 1. The molecule has 2 N–H and O–H groups in total. The summed E-state index contributed by atoms with van der Waals surface area (Å²) < 4.78 is 11.0. The van der Waals surface area contributed by atoms with Crippen LogP contribution in [0.25, 0.3) is 0 Å². The van der Waals surface area contributed by atoms with Crippen LogP contribution in [0.2, 0.25) is 0 Å². The molecule has 6 heteroatoms. The number of carbonyl (C=O) groups excluding carboxylic acids is 1. The third-order valence-corrected chi connectivity index (χ3v) is 4.70. The minimum atomic E-state index is -1.30. The van der Waals surface area contributed by atoms with Crippen LogP contribution in [0, 0.1) is 5.41 Å². The Morgan fingerprint density at radius 1 is 1.36 bits per heavy atom. The van der Waals surface area contributed by atoms with Gasteiger partial charge in [-0.3, -0.25) is 4.79 Å². The fraction of sp³-hybridized carbons (Fsp3) is 0.875. The highest BCUT2D eigenvalue weighted by molar-refractivity contribution is 5.91. The first kappa shape index (κ1) is 18.9. The van der Waals surface area contributed by atoms with Crippen molar-refractivity contribution in [2.45, 2.75) is 71.6 Å². The first-order chi connectivity index (χ1) is 10.2. The minimum absolute atomic E-state index is 0.176. The van der Waals surface area contributed by atoms with Crippen LogP contribution in [0.1, 0.15) is 53.9 Å². The van der Waals surface area contributed by atoms with Gasteiger partial charge >= 0.3 is 5.97 Å². The zero-order valence-electron chi connectivity index (χ0n) is 14.3. The second-order valence-electron chi connectivity index (χ2n) is 6.44. The van der Waals surface area contributed by atoms with E-state index in [0.29, 0.717) is 13.2 Å². The highest BCUT2D eigenvalue weighted by Gasteiger charge is 2.66. The van der Waals surface area contributed by atoms with Crippen LogP contribution in [0.5, 0.6) is 0 Å². The van der Waals surface area contributed by atoms with E-state index in [9.17, 15) is 14.7 Å². The van der Waals surface area contributed by atoms with Crippen molar-refractivity contribution in [2.24, 2.45) is 5.41 Å².